The van der Waals surface area contributed by atoms with Gasteiger partial charge < -0.3 is 26.1 Å². The second-order valence-corrected chi connectivity index (χ2v) is 11.8. The molecular weight excluding hydrogens is 493 g/mol. The van der Waals surface area contributed by atoms with Crippen LogP contribution in [0.25, 0.3) is 0 Å². The van der Waals surface area contributed by atoms with Gasteiger partial charge in [-0.1, -0.05) is 32.4 Å². The zero-order valence-electron chi connectivity index (χ0n) is 25.6. The SMILES string of the molecule is C=CCC/C(=C(\C)CCCN1CCCC1)C(C)(O)N/C(=C/NN)CC(=O)N[C@H](C)[C@@H](C)/C(C)=C(/F)CC(C)C. The molecule has 0 bridgehead atoms. The number of allylic oxidation sites excluding steroid dienone is 3. The van der Waals surface area contributed by atoms with Crippen LogP contribution in [0.4, 0.5) is 4.39 Å². The molecule has 0 aromatic carbocycles. The Hall–Kier alpha value is -2.16. The van der Waals surface area contributed by atoms with E-state index in [0.717, 1.165) is 37.0 Å². The number of carbonyl (C=O) groups excluding carboxylic acids is 1. The number of nitrogens with two attached hydrogens (primary N) is 1. The lowest BCUT2D eigenvalue weighted by Crippen LogP contribution is -2.46. The maximum atomic E-state index is 14.6. The Morgan fingerprint density at radius 3 is 2.38 bits per heavy atom. The molecule has 39 heavy (non-hydrogen) atoms. The monoisotopic (exact) mass is 549 g/mol. The molecule has 0 aromatic heterocycles. The molecule has 1 amide bonds. The van der Waals surface area contributed by atoms with Gasteiger partial charge in [-0.25, -0.2) is 4.39 Å². The fourth-order valence-electron chi connectivity index (χ4n) is 5.21. The van der Waals surface area contributed by atoms with Crippen LogP contribution in [0.5, 0.6) is 0 Å². The second-order valence-electron chi connectivity index (χ2n) is 11.8. The average molecular weight is 550 g/mol. The van der Waals surface area contributed by atoms with Gasteiger partial charge in [0, 0.05) is 24.4 Å². The Morgan fingerprint density at radius 2 is 1.82 bits per heavy atom. The summed E-state index contributed by atoms with van der Waals surface area (Å²) < 4.78 is 14.6. The molecule has 1 heterocycles. The van der Waals surface area contributed by atoms with Crippen LogP contribution in [-0.4, -0.2) is 47.3 Å². The van der Waals surface area contributed by atoms with Crippen LogP contribution >= 0.6 is 0 Å². The highest BCUT2D eigenvalue weighted by Crippen LogP contribution is 2.28. The predicted octanol–water partition coefficient (Wildman–Crippen LogP) is 5.57. The summed E-state index contributed by atoms with van der Waals surface area (Å²) >= 11 is 0. The molecule has 8 heteroatoms. The Bertz CT molecular complexity index is 872. The van der Waals surface area contributed by atoms with Gasteiger partial charge in [0.25, 0.3) is 0 Å². The van der Waals surface area contributed by atoms with Crippen molar-refractivity contribution in [3.8, 4) is 0 Å². The van der Waals surface area contributed by atoms with Gasteiger partial charge in [0.15, 0.2) is 5.72 Å². The zero-order chi connectivity index (χ0) is 29.6. The first-order valence-corrected chi connectivity index (χ1v) is 14.6. The van der Waals surface area contributed by atoms with Gasteiger partial charge in [-0.15, -0.1) is 6.58 Å². The summed E-state index contributed by atoms with van der Waals surface area (Å²) in [5.74, 6) is 5.29. The molecule has 0 aliphatic carbocycles. The van der Waals surface area contributed by atoms with Gasteiger partial charge in [-0.2, -0.15) is 0 Å². The first-order valence-electron chi connectivity index (χ1n) is 14.6. The van der Waals surface area contributed by atoms with Crippen molar-refractivity contribution in [2.45, 2.75) is 112 Å². The van der Waals surface area contributed by atoms with Gasteiger partial charge in [0.2, 0.25) is 5.91 Å². The number of hydrazine groups is 1. The molecule has 6 N–H and O–H groups in total. The first kappa shape index (κ1) is 34.9. The second kappa shape index (κ2) is 17.5. The Balaban J connectivity index is 2.92. The average Bonchev–Trinajstić information content (AvgIpc) is 3.36. The van der Waals surface area contributed by atoms with Crippen molar-refractivity contribution in [2.75, 3.05) is 19.6 Å². The van der Waals surface area contributed by atoms with E-state index in [4.69, 9.17) is 5.84 Å². The summed E-state index contributed by atoms with van der Waals surface area (Å²) in [4.78, 5) is 15.5. The number of hydrogen-bond acceptors (Lipinski definition) is 6. The molecular formula is C31H56FN5O2. The van der Waals surface area contributed by atoms with Crippen molar-refractivity contribution in [3.05, 3.63) is 47.1 Å². The van der Waals surface area contributed by atoms with E-state index < -0.39 is 5.72 Å². The summed E-state index contributed by atoms with van der Waals surface area (Å²) in [5.41, 5.74) is 4.28. The number of aliphatic hydroxyl groups is 1. The van der Waals surface area contributed by atoms with Crippen LogP contribution in [-0.2, 0) is 4.79 Å². The highest BCUT2D eigenvalue weighted by molar-refractivity contribution is 5.78. The number of amides is 1. The summed E-state index contributed by atoms with van der Waals surface area (Å²) in [6.07, 6.45) is 9.60. The highest BCUT2D eigenvalue weighted by atomic mass is 19.1. The minimum atomic E-state index is -1.37. The summed E-state index contributed by atoms with van der Waals surface area (Å²) in [5, 5.41) is 17.7. The quantitative estimate of drug-likeness (QED) is 0.0663. The van der Waals surface area contributed by atoms with Crippen molar-refractivity contribution < 1.29 is 14.3 Å². The van der Waals surface area contributed by atoms with Gasteiger partial charge >= 0.3 is 0 Å². The smallest absolute Gasteiger partial charge is 0.226 e. The topological polar surface area (TPSA) is 103 Å². The molecule has 0 saturated carbocycles. The first-order chi connectivity index (χ1) is 18.3. The summed E-state index contributed by atoms with van der Waals surface area (Å²) in [6.45, 7) is 20.6. The van der Waals surface area contributed by atoms with Crippen molar-refractivity contribution in [3.63, 3.8) is 0 Å². The number of nitrogens with one attached hydrogen (secondary N) is 3. The molecule has 1 saturated heterocycles. The number of carbonyl (C=O) groups is 1. The van der Waals surface area contributed by atoms with Crippen molar-refractivity contribution >= 4 is 5.91 Å². The molecule has 3 atom stereocenters. The molecule has 0 radical (unpaired) electrons. The van der Waals surface area contributed by atoms with Crippen molar-refractivity contribution in [1.82, 2.24) is 21.0 Å². The highest BCUT2D eigenvalue weighted by Gasteiger charge is 2.29. The maximum absolute atomic E-state index is 14.6. The molecule has 1 unspecified atom stereocenters. The Labute approximate surface area is 237 Å². The zero-order valence-corrected chi connectivity index (χ0v) is 25.6. The number of halogens is 1. The van der Waals surface area contributed by atoms with Crippen LogP contribution in [0, 0.1) is 11.8 Å². The molecule has 7 nitrogen and oxygen atoms in total. The van der Waals surface area contributed by atoms with Gasteiger partial charge in [-0.05, 0) is 109 Å². The van der Waals surface area contributed by atoms with Crippen LogP contribution in [0.15, 0.2) is 47.1 Å². The number of hydrogen-bond donors (Lipinski definition) is 5. The largest absolute Gasteiger partial charge is 0.367 e. The van der Waals surface area contributed by atoms with E-state index in [1.165, 1.54) is 32.1 Å². The molecule has 1 fully saturated rings. The van der Waals surface area contributed by atoms with Crippen LogP contribution in [0.3, 0.4) is 0 Å². The van der Waals surface area contributed by atoms with Gasteiger partial charge in [-0.3, -0.25) is 10.6 Å². The standard InChI is InChI=1S/C31H56FN5O2/c1-9-10-15-28(23(4)14-13-18-37-16-11-12-17-37)31(8,39)36-27(21-34-33)20-30(38)35-26(7)24(5)25(6)29(32)19-22(2)3/h9,21-22,24,26,34,36,39H,1,10-20,33H2,2-8H3,(H,35,38)/b27-21+,28-23-,29-25+/t24-,26+,31?/m0/s1. The molecule has 0 aromatic rings. The molecule has 0 spiro atoms. The molecule has 1 rings (SSSR count). The fraction of sp³-hybridized carbons (Fsp3) is 0.710. The lowest BCUT2D eigenvalue weighted by atomic mass is 9.91. The van der Waals surface area contributed by atoms with E-state index in [9.17, 15) is 14.3 Å². The summed E-state index contributed by atoms with van der Waals surface area (Å²) in [7, 11) is 0. The normalized spacial score (nSPS) is 19.1. The Morgan fingerprint density at radius 1 is 1.18 bits per heavy atom. The third kappa shape index (κ3) is 12.7. The van der Waals surface area contributed by atoms with E-state index in [1.807, 2.05) is 33.8 Å². The van der Waals surface area contributed by atoms with E-state index in [1.54, 1.807) is 13.8 Å². The van der Waals surface area contributed by atoms with Crippen LogP contribution < -0.4 is 21.9 Å². The number of likely N-dealkylation sites (tertiary alicyclic amines) is 1. The number of rotatable bonds is 18. The lowest BCUT2D eigenvalue weighted by Gasteiger charge is -2.32. The van der Waals surface area contributed by atoms with Crippen molar-refractivity contribution in [2.24, 2.45) is 17.7 Å². The maximum Gasteiger partial charge on any atom is 0.226 e. The van der Waals surface area contributed by atoms with E-state index in [-0.39, 0.29) is 36.0 Å². The minimum absolute atomic E-state index is 0.0165. The van der Waals surface area contributed by atoms with Gasteiger partial charge in [0.1, 0.15) is 0 Å². The third-order valence-electron chi connectivity index (χ3n) is 7.78. The predicted molar refractivity (Wildman–Crippen MR) is 161 cm³/mol. The van der Waals surface area contributed by atoms with Gasteiger partial charge in [0.05, 0.1) is 12.2 Å². The molecule has 1 aliphatic heterocycles. The Kier molecular flexibility index (Phi) is 15.7. The van der Waals surface area contributed by atoms with E-state index in [2.05, 4.69) is 34.5 Å². The van der Waals surface area contributed by atoms with E-state index in [0.29, 0.717) is 24.1 Å². The molecule has 1 aliphatic rings. The number of nitrogens with zero attached hydrogens (tertiary/aromatic N) is 1. The van der Waals surface area contributed by atoms with Crippen LogP contribution in [0.2, 0.25) is 0 Å². The third-order valence-corrected chi connectivity index (χ3v) is 7.78. The minimum Gasteiger partial charge on any atom is -0.367 e. The van der Waals surface area contributed by atoms with Crippen LogP contribution in [0.1, 0.15) is 99.8 Å². The summed E-state index contributed by atoms with van der Waals surface area (Å²) in [6, 6.07) is -0.260. The molecule has 224 valence electrons. The van der Waals surface area contributed by atoms with E-state index >= 15 is 0 Å². The lowest BCUT2D eigenvalue weighted by molar-refractivity contribution is -0.121. The van der Waals surface area contributed by atoms with Crippen molar-refractivity contribution in [1.29, 1.82) is 0 Å². The fourth-order valence-corrected chi connectivity index (χ4v) is 5.21.